The van der Waals surface area contributed by atoms with Gasteiger partial charge in [0.1, 0.15) is 0 Å². The minimum Gasteiger partial charge on any atom is -0.310 e. The van der Waals surface area contributed by atoms with Crippen LogP contribution in [0, 0.1) is 0 Å². The molecule has 0 amide bonds. The van der Waals surface area contributed by atoms with Gasteiger partial charge in [0.25, 0.3) is 0 Å². The molecule has 0 atom stereocenters. The number of hydrogen-bond acceptors (Lipinski definition) is 1. The van der Waals surface area contributed by atoms with Crippen molar-refractivity contribution in [3.63, 3.8) is 0 Å². The van der Waals surface area contributed by atoms with E-state index in [0.29, 0.717) is 0 Å². The van der Waals surface area contributed by atoms with Crippen molar-refractivity contribution in [2.45, 2.75) is 6.42 Å². The number of nitrogens with zero attached hydrogens (tertiary/aromatic N) is 1. The summed E-state index contributed by atoms with van der Waals surface area (Å²) < 4.78 is 0. The summed E-state index contributed by atoms with van der Waals surface area (Å²) in [4.78, 5) is 2.34. The average Bonchev–Trinajstić information content (AvgIpc) is 3.28. The van der Waals surface area contributed by atoms with E-state index in [1.165, 1.54) is 49.5 Å². The fourth-order valence-electron chi connectivity index (χ4n) is 5.42. The zero-order valence-electron chi connectivity index (χ0n) is 18.8. The van der Waals surface area contributed by atoms with Crippen LogP contribution in [0.4, 0.5) is 17.1 Å². The Kier molecular flexibility index (Phi) is 4.28. The van der Waals surface area contributed by atoms with Crippen molar-refractivity contribution in [1.82, 2.24) is 0 Å². The smallest absolute Gasteiger partial charge is 0.0467 e. The van der Waals surface area contributed by atoms with Crippen LogP contribution >= 0.6 is 0 Å². The van der Waals surface area contributed by atoms with Crippen molar-refractivity contribution in [3.05, 3.63) is 139 Å². The molecule has 0 heterocycles. The maximum absolute atomic E-state index is 2.37. The Balaban J connectivity index is 1.40. The molecule has 0 aromatic heterocycles. The molecule has 6 aromatic rings. The second-order valence-electron chi connectivity index (χ2n) is 9.04. The molecule has 0 radical (unpaired) electrons. The van der Waals surface area contributed by atoms with Gasteiger partial charge < -0.3 is 4.90 Å². The Morgan fingerprint density at radius 1 is 0.441 bits per heavy atom. The van der Waals surface area contributed by atoms with E-state index in [2.05, 4.69) is 132 Å². The predicted molar refractivity (Wildman–Crippen MR) is 144 cm³/mol. The zero-order valence-corrected chi connectivity index (χ0v) is 18.8. The monoisotopic (exact) mass is 433 g/mol. The van der Waals surface area contributed by atoms with Gasteiger partial charge >= 0.3 is 0 Å². The lowest BCUT2D eigenvalue weighted by Gasteiger charge is -2.26. The first-order valence-corrected chi connectivity index (χ1v) is 11.8. The molecule has 6 aromatic carbocycles. The van der Waals surface area contributed by atoms with Crippen LogP contribution in [-0.2, 0) is 6.42 Å². The molecular formula is C33H23N. The average molecular weight is 434 g/mol. The van der Waals surface area contributed by atoms with Gasteiger partial charge in [0.05, 0.1) is 0 Å². The second kappa shape index (κ2) is 7.60. The molecule has 0 saturated carbocycles. The summed E-state index contributed by atoms with van der Waals surface area (Å²) in [6.07, 6.45) is 0.983. The summed E-state index contributed by atoms with van der Waals surface area (Å²) in [5.74, 6) is 0. The summed E-state index contributed by atoms with van der Waals surface area (Å²) in [6.45, 7) is 0. The first-order valence-electron chi connectivity index (χ1n) is 11.8. The summed E-state index contributed by atoms with van der Waals surface area (Å²) in [5.41, 5.74) is 9.07. The summed E-state index contributed by atoms with van der Waals surface area (Å²) in [5, 5.41) is 5.30. The number of rotatable bonds is 3. The van der Waals surface area contributed by atoms with Gasteiger partial charge in [-0.05, 0) is 98.8 Å². The molecule has 1 heteroatoms. The normalized spacial score (nSPS) is 12.0. The van der Waals surface area contributed by atoms with Crippen LogP contribution < -0.4 is 4.90 Å². The Morgan fingerprint density at radius 2 is 1.09 bits per heavy atom. The fourth-order valence-corrected chi connectivity index (χ4v) is 5.42. The Hall–Kier alpha value is -4.36. The number of hydrogen-bond donors (Lipinski definition) is 0. The predicted octanol–water partition coefficient (Wildman–Crippen LogP) is 9.03. The van der Waals surface area contributed by atoms with Crippen LogP contribution in [0.25, 0.3) is 32.7 Å². The van der Waals surface area contributed by atoms with E-state index in [4.69, 9.17) is 0 Å². The summed E-state index contributed by atoms with van der Waals surface area (Å²) in [7, 11) is 0. The SMILES string of the molecule is c1ccc(N(c2ccccc2)c2ccc3c(c2)-c2ccc4cc5ccccc5cc4c2C3)cc1. The molecule has 1 aliphatic carbocycles. The van der Waals surface area contributed by atoms with Crippen LogP contribution in [0.1, 0.15) is 11.1 Å². The fraction of sp³-hybridized carbons (Fsp3) is 0.0303. The summed E-state index contributed by atoms with van der Waals surface area (Å²) >= 11 is 0. The first-order chi connectivity index (χ1) is 16.8. The molecule has 0 fully saturated rings. The highest BCUT2D eigenvalue weighted by Crippen LogP contribution is 2.44. The molecule has 0 spiro atoms. The van der Waals surface area contributed by atoms with Crippen molar-refractivity contribution in [3.8, 4) is 11.1 Å². The lowest BCUT2D eigenvalue weighted by atomic mass is 9.96. The van der Waals surface area contributed by atoms with Crippen LogP contribution in [0.2, 0.25) is 0 Å². The molecule has 1 aliphatic rings. The Bertz CT molecular complexity index is 1630. The van der Waals surface area contributed by atoms with Gasteiger partial charge in [-0.3, -0.25) is 0 Å². The molecule has 34 heavy (non-hydrogen) atoms. The Labute approximate surface area is 199 Å². The lowest BCUT2D eigenvalue weighted by Crippen LogP contribution is -2.09. The molecule has 0 unspecified atom stereocenters. The van der Waals surface area contributed by atoms with Crippen LogP contribution in [0.3, 0.4) is 0 Å². The first kappa shape index (κ1) is 19.1. The summed E-state index contributed by atoms with van der Waals surface area (Å²) in [6, 6.07) is 46.1. The number of para-hydroxylation sites is 2. The van der Waals surface area contributed by atoms with E-state index < -0.39 is 0 Å². The molecule has 160 valence electrons. The second-order valence-corrected chi connectivity index (χ2v) is 9.04. The highest BCUT2D eigenvalue weighted by atomic mass is 15.1. The number of fused-ring (bicyclic) bond motifs is 6. The molecule has 0 bridgehead atoms. The van der Waals surface area contributed by atoms with Gasteiger partial charge in [0.2, 0.25) is 0 Å². The van der Waals surface area contributed by atoms with E-state index in [-0.39, 0.29) is 0 Å². The van der Waals surface area contributed by atoms with Crippen molar-refractivity contribution < 1.29 is 0 Å². The molecule has 7 rings (SSSR count). The standard InChI is InChI=1S/C33H23N/c1-3-11-27(12-4-1)34(28-13-5-2-6-14-28)29-17-15-26-21-33-30(32(26)22-29)18-16-25-19-23-9-7-8-10-24(23)20-31(25)33/h1-20,22H,21H2. The van der Waals surface area contributed by atoms with Crippen LogP contribution in [0.5, 0.6) is 0 Å². The molecule has 0 N–H and O–H groups in total. The quantitative estimate of drug-likeness (QED) is 0.251. The van der Waals surface area contributed by atoms with Gasteiger partial charge in [-0.1, -0.05) is 78.9 Å². The minimum absolute atomic E-state index is 0.983. The van der Waals surface area contributed by atoms with Crippen molar-refractivity contribution in [1.29, 1.82) is 0 Å². The largest absolute Gasteiger partial charge is 0.310 e. The lowest BCUT2D eigenvalue weighted by molar-refractivity contribution is 1.25. The van der Waals surface area contributed by atoms with E-state index in [0.717, 1.165) is 17.8 Å². The highest BCUT2D eigenvalue weighted by Gasteiger charge is 2.23. The maximum atomic E-state index is 2.37. The molecule has 1 nitrogen and oxygen atoms in total. The van der Waals surface area contributed by atoms with E-state index in [1.807, 2.05) is 0 Å². The van der Waals surface area contributed by atoms with E-state index in [1.54, 1.807) is 0 Å². The van der Waals surface area contributed by atoms with Crippen molar-refractivity contribution in [2.75, 3.05) is 4.90 Å². The third kappa shape index (κ3) is 3.02. The Morgan fingerprint density at radius 3 is 1.79 bits per heavy atom. The molecule has 0 aliphatic heterocycles. The van der Waals surface area contributed by atoms with Gasteiger partial charge in [0, 0.05) is 17.1 Å². The molecule has 0 saturated heterocycles. The van der Waals surface area contributed by atoms with Gasteiger partial charge in [-0.15, -0.1) is 0 Å². The van der Waals surface area contributed by atoms with Gasteiger partial charge in [0.15, 0.2) is 0 Å². The maximum Gasteiger partial charge on any atom is 0.0467 e. The topological polar surface area (TPSA) is 3.24 Å². The number of anilines is 3. The number of benzene rings is 6. The van der Waals surface area contributed by atoms with E-state index in [9.17, 15) is 0 Å². The van der Waals surface area contributed by atoms with Crippen LogP contribution in [0.15, 0.2) is 127 Å². The minimum atomic E-state index is 0.983. The third-order valence-corrected chi connectivity index (χ3v) is 7.04. The van der Waals surface area contributed by atoms with E-state index >= 15 is 0 Å². The van der Waals surface area contributed by atoms with Crippen LogP contribution in [-0.4, -0.2) is 0 Å². The van der Waals surface area contributed by atoms with Crippen molar-refractivity contribution >= 4 is 38.6 Å². The third-order valence-electron chi connectivity index (χ3n) is 7.04. The van der Waals surface area contributed by atoms with Gasteiger partial charge in [-0.25, -0.2) is 0 Å². The van der Waals surface area contributed by atoms with Crippen molar-refractivity contribution in [2.24, 2.45) is 0 Å². The zero-order chi connectivity index (χ0) is 22.5. The van der Waals surface area contributed by atoms with Gasteiger partial charge in [-0.2, -0.15) is 0 Å². The highest BCUT2D eigenvalue weighted by molar-refractivity contribution is 6.03. The molecular weight excluding hydrogens is 410 g/mol.